The lowest BCUT2D eigenvalue weighted by molar-refractivity contribution is 0.112. The molecule has 21 heavy (non-hydrogen) atoms. The molecule has 1 aromatic rings. The molecule has 118 valence electrons. The van der Waals surface area contributed by atoms with Crippen molar-refractivity contribution in [3.63, 3.8) is 0 Å². The molecule has 1 aromatic carbocycles. The lowest BCUT2D eigenvalue weighted by Gasteiger charge is -2.41. The van der Waals surface area contributed by atoms with E-state index >= 15 is 0 Å². The predicted octanol–water partition coefficient (Wildman–Crippen LogP) is 3.22. The summed E-state index contributed by atoms with van der Waals surface area (Å²) in [5.74, 6) is -0.383. The van der Waals surface area contributed by atoms with Crippen molar-refractivity contribution >= 4 is 0 Å². The average Bonchev–Trinajstić information content (AvgIpc) is 2.43. The molecule has 0 radical (unpaired) electrons. The van der Waals surface area contributed by atoms with Gasteiger partial charge in [-0.05, 0) is 36.5 Å². The van der Waals surface area contributed by atoms with Crippen molar-refractivity contribution in [3.8, 4) is 0 Å². The summed E-state index contributed by atoms with van der Waals surface area (Å²) < 4.78 is 26.5. The van der Waals surface area contributed by atoms with Crippen LogP contribution in [0, 0.1) is 17.6 Å². The number of nitrogens with zero attached hydrogens (tertiary/aromatic N) is 1. The minimum atomic E-state index is -0.489. The third-order valence-electron chi connectivity index (χ3n) is 4.45. The number of rotatable bonds is 5. The van der Waals surface area contributed by atoms with Crippen LogP contribution in [0.5, 0.6) is 0 Å². The smallest absolute Gasteiger partial charge is 0.126 e. The molecule has 2 unspecified atom stereocenters. The van der Waals surface area contributed by atoms with E-state index in [-0.39, 0.29) is 0 Å². The predicted molar refractivity (Wildman–Crippen MR) is 82.3 cm³/mol. The summed E-state index contributed by atoms with van der Waals surface area (Å²) in [6.45, 7) is 9.50. The first-order chi connectivity index (χ1) is 9.99. The standard InChI is InChI=1S/C17H26F2N2/c1-4-16-10-20-17(12(2)3)11-21(16)6-5-13-7-14(18)9-15(19)8-13/h7-9,12,16-17,20H,4-6,10-11H2,1-3H3. The summed E-state index contributed by atoms with van der Waals surface area (Å²) in [5.41, 5.74) is 0.738. The van der Waals surface area contributed by atoms with E-state index in [0.717, 1.165) is 37.7 Å². The van der Waals surface area contributed by atoms with Crippen LogP contribution >= 0.6 is 0 Å². The number of hydrogen-bond donors (Lipinski definition) is 1. The van der Waals surface area contributed by atoms with Crippen LogP contribution in [-0.4, -0.2) is 36.6 Å². The molecule has 0 aliphatic carbocycles. The van der Waals surface area contributed by atoms with Gasteiger partial charge in [0.2, 0.25) is 0 Å². The van der Waals surface area contributed by atoms with Gasteiger partial charge in [-0.1, -0.05) is 20.8 Å². The van der Waals surface area contributed by atoms with Crippen LogP contribution in [0.4, 0.5) is 8.78 Å². The first-order valence-corrected chi connectivity index (χ1v) is 7.92. The minimum absolute atomic E-state index is 0.489. The second-order valence-corrected chi connectivity index (χ2v) is 6.34. The highest BCUT2D eigenvalue weighted by molar-refractivity contribution is 5.18. The molecule has 0 bridgehead atoms. The van der Waals surface area contributed by atoms with Gasteiger partial charge in [0.25, 0.3) is 0 Å². The SMILES string of the molecule is CCC1CNC(C(C)C)CN1CCc1cc(F)cc(F)c1. The van der Waals surface area contributed by atoms with Crippen LogP contribution in [0.1, 0.15) is 32.8 Å². The molecule has 1 fully saturated rings. The van der Waals surface area contributed by atoms with E-state index in [1.54, 1.807) is 0 Å². The lowest BCUT2D eigenvalue weighted by Crippen LogP contribution is -2.58. The van der Waals surface area contributed by atoms with Crippen LogP contribution < -0.4 is 5.32 Å². The van der Waals surface area contributed by atoms with Gasteiger partial charge in [-0.2, -0.15) is 0 Å². The third kappa shape index (κ3) is 4.48. The largest absolute Gasteiger partial charge is 0.311 e. The zero-order valence-electron chi connectivity index (χ0n) is 13.2. The third-order valence-corrected chi connectivity index (χ3v) is 4.45. The molecule has 2 atom stereocenters. The van der Waals surface area contributed by atoms with Crippen molar-refractivity contribution in [1.29, 1.82) is 0 Å². The Morgan fingerprint density at radius 3 is 2.48 bits per heavy atom. The Morgan fingerprint density at radius 1 is 1.24 bits per heavy atom. The van der Waals surface area contributed by atoms with E-state index in [4.69, 9.17) is 0 Å². The van der Waals surface area contributed by atoms with Crippen LogP contribution in [-0.2, 0) is 6.42 Å². The van der Waals surface area contributed by atoms with E-state index in [9.17, 15) is 8.78 Å². The average molecular weight is 296 g/mol. The molecule has 1 N–H and O–H groups in total. The Morgan fingerprint density at radius 2 is 1.90 bits per heavy atom. The van der Waals surface area contributed by atoms with E-state index in [0.29, 0.717) is 24.4 Å². The van der Waals surface area contributed by atoms with Gasteiger partial charge in [-0.15, -0.1) is 0 Å². The normalized spacial score (nSPS) is 23.7. The Kier molecular flexibility index (Phi) is 5.71. The summed E-state index contributed by atoms with van der Waals surface area (Å²) in [5, 5.41) is 3.60. The Bertz CT molecular complexity index is 442. The molecular formula is C17H26F2N2. The maximum absolute atomic E-state index is 13.2. The highest BCUT2D eigenvalue weighted by Crippen LogP contribution is 2.16. The minimum Gasteiger partial charge on any atom is -0.311 e. The van der Waals surface area contributed by atoms with E-state index in [1.165, 1.54) is 12.1 Å². The van der Waals surface area contributed by atoms with Crippen molar-refractivity contribution in [3.05, 3.63) is 35.4 Å². The molecule has 4 heteroatoms. The summed E-state index contributed by atoms with van der Waals surface area (Å²) >= 11 is 0. The van der Waals surface area contributed by atoms with Gasteiger partial charge < -0.3 is 5.32 Å². The second kappa shape index (κ2) is 7.32. The van der Waals surface area contributed by atoms with Crippen LogP contribution in [0.25, 0.3) is 0 Å². The molecule has 1 aliphatic heterocycles. The summed E-state index contributed by atoms with van der Waals surface area (Å²) in [6.07, 6.45) is 1.78. The molecule has 2 rings (SSSR count). The van der Waals surface area contributed by atoms with Crippen molar-refractivity contribution in [2.45, 2.75) is 45.7 Å². The zero-order valence-corrected chi connectivity index (χ0v) is 13.2. The van der Waals surface area contributed by atoms with Gasteiger partial charge in [0.15, 0.2) is 0 Å². The first-order valence-electron chi connectivity index (χ1n) is 7.92. The van der Waals surface area contributed by atoms with Crippen LogP contribution in [0.15, 0.2) is 18.2 Å². The number of halogens is 2. The van der Waals surface area contributed by atoms with Crippen molar-refractivity contribution in [2.24, 2.45) is 5.92 Å². The van der Waals surface area contributed by atoms with Gasteiger partial charge in [0, 0.05) is 37.8 Å². The fourth-order valence-corrected chi connectivity index (χ4v) is 3.03. The highest BCUT2D eigenvalue weighted by Gasteiger charge is 2.27. The van der Waals surface area contributed by atoms with E-state index < -0.39 is 11.6 Å². The van der Waals surface area contributed by atoms with E-state index in [1.807, 2.05) is 0 Å². The highest BCUT2D eigenvalue weighted by atomic mass is 19.1. The summed E-state index contributed by atoms with van der Waals surface area (Å²) in [6, 6.07) is 4.81. The molecule has 0 amide bonds. The Hall–Kier alpha value is -1.00. The lowest BCUT2D eigenvalue weighted by atomic mass is 9.98. The summed E-state index contributed by atoms with van der Waals surface area (Å²) in [4.78, 5) is 2.46. The number of benzene rings is 1. The van der Waals surface area contributed by atoms with Crippen LogP contribution in [0.3, 0.4) is 0 Å². The molecule has 0 saturated carbocycles. The van der Waals surface area contributed by atoms with Crippen molar-refractivity contribution in [2.75, 3.05) is 19.6 Å². The van der Waals surface area contributed by atoms with Gasteiger partial charge in [-0.25, -0.2) is 8.78 Å². The molecule has 0 aromatic heterocycles. The number of piperazine rings is 1. The molecule has 0 spiro atoms. The van der Waals surface area contributed by atoms with Crippen molar-refractivity contribution < 1.29 is 8.78 Å². The molecule has 2 nitrogen and oxygen atoms in total. The Balaban J connectivity index is 1.98. The van der Waals surface area contributed by atoms with Gasteiger partial charge in [0.05, 0.1) is 0 Å². The Labute approximate surface area is 126 Å². The molecule has 1 heterocycles. The fourth-order valence-electron chi connectivity index (χ4n) is 3.03. The van der Waals surface area contributed by atoms with Crippen molar-refractivity contribution in [1.82, 2.24) is 10.2 Å². The van der Waals surface area contributed by atoms with E-state index in [2.05, 4.69) is 31.0 Å². The zero-order chi connectivity index (χ0) is 15.4. The van der Waals surface area contributed by atoms with Gasteiger partial charge in [0.1, 0.15) is 11.6 Å². The topological polar surface area (TPSA) is 15.3 Å². The number of nitrogens with one attached hydrogen (secondary N) is 1. The van der Waals surface area contributed by atoms with Gasteiger partial charge in [-0.3, -0.25) is 4.90 Å². The maximum Gasteiger partial charge on any atom is 0.126 e. The maximum atomic E-state index is 13.2. The second-order valence-electron chi connectivity index (χ2n) is 6.34. The number of hydrogen-bond acceptors (Lipinski definition) is 2. The van der Waals surface area contributed by atoms with Crippen LogP contribution in [0.2, 0.25) is 0 Å². The molecular weight excluding hydrogens is 270 g/mol. The van der Waals surface area contributed by atoms with Gasteiger partial charge >= 0.3 is 0 Å². The molecule has 1 aliphatic rings. The fraction of sp³-hybridized carbons (Fsp3) is 0.647. The summed E-state index contributed by atoms with van der Waals surface area (Å²) in [7, 11) is 0. The first kappa shape index (κ1) is 16.4. The quantitative estimate of drug-likeness (QED) is 0.897. The molecule has 1 saturated heterocycles. The monoisotopic (exact) mass is 296 g/mol.